The number of hydrogen-bond donors (Lipinski definition) is 0. The quantitative estimate of drug-likeness (QED) is 0.353. The Kier molecular flexibility index (Phi) is 6.00. The summed E-state index contributed by atoms with van der Waals surface area (Å²) in [5, 5.41) is 1.39. The summed E-state index contributed by atoms with van der Waals surface area (Å²) in [7, 11) is 1.46. The number of fused-ring (bicyclic) bond motifs is 3. The van der Waals surface area contributed by atoms with Crippen LogP contribution in [0.2, 0.25) is 0 Å². The number of aryl methyl sites for hydroxylation is 4. The molecule has 0 amide bonds. The van der Waals surface area contributed by atoms with Crippen molar-refractivity contribution in [2.45, 2.75) is 65.2 Å². The third-order valence-corrected chi connectivity index (χ3v) is 7.19. The maximum Gasteiger partial charge on any atom is 0.305 e. The number of aromatic nitrogens is 1. The zero-order chi connectivity index (χ0) is 20.4. The van der Waals surface area contributed by atoms with E-state index in [0.29, 0.717) is 6.42 Å². The van der Waals surface area contributed by atoms with Crippen molar-refractivity contribution in [2.75, 3.05) is 7.11 Å². The lowest BCUT2D eigenvalue weighted by molar-refractivity contribution is -0.140. The molecule has 0 unspecified atom stereocenters. The largest absolute Gasteiger partial charge is 0.469 e. The minimum Gasteiger partial charge on any atom is -0.469 e. The van der Waals surface area contributed by atoms with Crippen LogP contribution in [0.4, 0.5) is 0 Å². The van der Waals surface area contributed by atoms with Gasteiger partial charge in [-0.3, -0.25) is 4.79 Å². The fourth-order valence-electron chi connectivity index (χ4n) is 4.54. The predicted molar refractivity (Wildman–Crippen MR) is 121 cm³/mol. The monoisotopic (exact) mass is 407 g/mol. The minimum absolute atomic E-state index is 0.124. The van der Waals surface area contributed by atoms with E-state index in [4.69, 9.17) is 9.72 Å². The fraction of sp³-hybridized carbons (Fsp3) is 0.440. The minimum atomic E-state index is -0.124. The number of thiophene rings is 1. The molecular weight excluding hydrogens is 378 g/mol. The number of carbonyl (C=O) groups excluding carboxylic acids is 1. The molecule has 3 aromatic rings. The lowest BCUT2D eigenvalue weighted by Gasteiger charge is -2.17. The van der Waals surface area contributed by atoms with E-state index in [1.54, 1.807) is 0 Å². The summed E-state index contributed by atoms with van der Waals surface area (Å²) < 4.78 is 4.79. The van der Waals surface area contributed by atoms with Crippen LogP contribution in [-0.2, 0) is 28.8 Å². The third-order valence-electron chi connectivity index (χ3n) is 6.00. The molecule has 0 saturated carbocycles. The summed E-state index contributed by atoms with van der Waals surface area (Å²) in [4.78, 5) is 19.3. The van der Waals surface area contributed by atoms with Gasteiger partial charge >= 0.3 is 5.97 Å². The highest BCUT2D eigenvalue weighted by atomic mass is 32.1. The second-order valence-corrected chi connectivity index (χ2v) is 9.18. The summed E-state index contributed by atoms with van der Waals surface area (Å²) >= 11 is 1.90. The van der Waals surface area contributed by atoms with Crippen LogP contribution in [0.15, 0.2) is 24.3 Å². The molecule has 0 atom stereocenters. The Labute approximate surface area is 177 Å². The molecule has 0 fully saturated rings. The van der Waals surface area contributed by atoms with Crippen LogP contribution in [0.3, 0.4) is 0 Å². The number of esters is 1. The van der Waals surface area contributed by atoms with E-state index in [-0.39, 0.29) is 5.97 Å². The van der Waals surface area contributed by atoms with Crippen LogP contribution in [0, 0.1) is 13.8 Å². The molecule has 0 bridgehead atoms. The Balaban J connectivity index is 1.82. The van der Waals surface area contributed by atoms with Gasteiger partial charge in [0.15, 0.2) is 0 Å². The van der Waals surface area contributed by atoms with Crippen molar-refractivity contribution in [1.82, 2.24) is 4.98 Å². The second-order valence-electron chi connectivity index (χ2n) is 8.09. The molecule has 2 aromatic heterocycles. The first-order chi connectivity index (χ1) is 14.1. The summed E-state index contributed by atoms with van der Waals surface area (Å²) in [6.07, 6.45) is 8.16. The smallest absolute Gasteiger partial charge is 0.305 e. The van der Waals surface area contributed by atoms with Gasteiger partial charge in [-0.05, 0) is 81.0 Å². The molecule has 0 radical (unpaired) electrons. The van der Waals surface area contributed by atoms with Gasteiger partial charge in [-0.15, -0.1) is 11.3 Å². The number of hydrogen-bond acceptors (Lipinski definition) is 4. The van der Waals surface area contributed by atoms with E-state index < -0.39 is 0 Å². The molecule has 1 aromatic carbocycles. The molecule has 0 saturated heterocycles. The lowest BCUT2D eigenvalue weighted by Crippen LogP contribution is -2.03. The molecule has 0 aliphatic heterocycles. The lowest BCUT2D eigenvalue weighted by atomic mass is 9.88. The van der Waals surface area contributed by atoms with Crippen molar-refractivity contribution in [1.29, 1.82) is 0 Å². The van der Waals surface area contributed by atoms with E-state index >= 15 is 0 Å². The average molecular weight is 408 g/mol. The number of carbonyl (C=O) groups is 1. The summed E-state index contributed by atoms with van der Waals surface area (Å²) in [6.45, 7) is 4.31. The molecule has 29 heavy (non-hydrogen) atoms. The molecule has 2 heterocycles. The van der Waals surface area contributed by atoms with E-state index in [0.717, 1.165) is 25.0 Å². The number of unbranched alkanes of at least 4 members (excludes halogenated alkanes) is 1. The molecule has 152 valence electrons. The zero-order valence-corrected chi connectivity index (χ0v) is 18.5. The number of ether oxygens (including phenoxy) is 1. The molecule has 1 aliphatic rings. The predicted octanol–water partition coefficient (Wildman–Crippen LogP) is 6.34. The number of methoxy groups -OCH3 is 1. The van der Waals surface area contributed by atoms with Crippen molar-refractivity contribution < 1.29 is 9.53 Å². The van der Waals surface area contributed by atoms with E-state index in [1.165, 1.54) is 75.7 Å². The van der Waals surface area contributed by atoms with Gasteiger partial charge in [-0.1, -0.05) is 29.8 Å². The molecule has 4 heteroatoms. The molecule has 4 rings (SSSR count). The highest BCUT2D eigenvalue weighted by Gasteiger charge is 2.23. The van der Waals surface area contributed by atoms with Gasteiger partial charge in [0, 0.05) is 22.4 Å². The first-order valence-electron chi connectivity index (χ1n) is 10.7. The van der Waals surface area contributed by atoms with Gasteiger partial charge in [0.05, 0.1) is 7.11 Å². The van der Waals surface area contributed by atoms with Gasteiger partial charge < -0.3 is 4.74 Å². The van der Waals surface area contributed by atoms with E-state index in [9.17, 15) is 4.79 Å². The van der Waals surface area contributed by atoms with Gasteiger partial charge in [0.1, 0.15) is 4.83 Å². The van der Waals surface area contributed by atoms with Crippen LogP contribution < -0.4 is 0 Å². The highest BCUT2D eigenvalue weighted by molar-refractivity contribution is 7.19. The number of rotatable bonds is 6. The van der Waals surface area contributed by atoms with Gasteiger partial charge in [-0.25, -0.2) is 4.98 Å². The maximum absolute atomic E-state index is 11.5. The van der Waals surface area contributed by atoms with E-state index in [1.807, 2.05) is 11.3 Å². The third kappa shape index (κ3) is 4.09. The van der Waals surface area contributed by atoms with Crippen LogP contribution in [0.5, 0.6) is 0 Å². The Bertz CT molecular complexity index is 1050. The molecule has 0 spiro atoms. The Morgan fingerprint density at radius 1 is 1.17 bits per heavy atom. The van der Waals surface area contributed by atoms with Gasteiger partial charge in [0.2, 0.25) is 0 Å². The first kappa shape index (κ1) is 20.1. The van der Waals surface area contributed by atoms with Gasteiger partial charge in [0.25, 0.3) is 0 Å². The Morgan fingerprint density at radius 3 is 2.79 bits per heavy atom. The number of benzene rings is 1. The van der Waals surface area contributed by atoms with Crippen molar-refractivity contribution >= 4 is 27.5 Å². The fourth-order valence-corrected chi connectivity index (χ4v) is 5.85. The summed E-state index contributed by atoms with van der Waals surface area (Å²) in [5.41, 5.74) is 7.98. The van der Waals surface area contributed by atoms with Crippen LogP contribution in [0.25, 0.3) is 21.3 Å². The van der Waals surface area contributed by atoms with Crippen LogP contribution >= 0.6 is 11.3 Å². The van der Waals surface area contributed by atoms with Crippen molar-refractivity contribution in [3.05, 3.63) is 51.5 Å². The maximum atomic E-state index is 11.5. The van der Waals surface area contributed by atoms with Crippen LogP contribution in [-0.4, -0.2) is 18.1 Å². The summed E-state index contributed by atoms with van der Waals surface area (Å²) in [5.74, 6) is -0.124. The first-order valence-corrected chi connectivity index (χ1v) is 11.5. The Hall–Kier alpha value is -2.20. The highest BCUT2D eigenvalue weighted by Crippen LogP contribution is 2.43. The summed E-state index contributed by atoms with van der Waals surface area (Å²) in [6, 6.07) is 8.87. The average Bonchev–Trinajstić information content (AvgIpc) is 3.08. The zero-order valence-electron chi connectivity index (χ0n) is 17.6. The van der Waals surface area contributed by atoms with E-state index in [2.05, 4.69) is 38.1 Å². The number of nitrogens with zero attached hydrogens (tertiary/aromatic N) is 1. The number of pyridine rings is 1. The molecule has 3 nitrogen and oxygen atoms in total. The SMILES string of the molecule is COC(=O)CCCCc1c(C)nc2sc3c(c2c1-c1cccc(C)c1)CCCC3. The normalized spacial score (nSPS) is 13.5. The standard InChI is InChI=1S/C25H29NO2S/c1-16-9-8-10-18(15-16)23-19(11-5-7-14-22(27)28-3)17(2)26-25-24(23)20-12-4-6-13-21(20)29-25/h8-10,15H,4-7,11-14H2,1-3H3. The van der Waals surface area contributed by atoms with Crippen molar-refractivity contribution in [3.8, 4) is 11.1 Å². The Morgan fingerprint density at radius 2 is 2.00 bits per heavy atom. The van der Waals surface area contributed by atoms with Crippen LogP contribution in [0.1, 0.15) is 59.4 Å². The molecule has 1 aliphatic carbocycles. The topological polar surface area (TPSA) is 39.2 Å². The van der Waals surface area contributed by atoms with Crippen molar-refractivity contribution in [2.24, 2.45) is 0 Å². The van der Waals surface area contributed by atoms with Crippen molar-refractivity contribution in [3.63, 3.8) is 0 Å². The van der Waals surface area contributed by atoms with Gasteiger partial charge in [-0.2, -0.15) is 0 Å². The second kappa shape index (κ2) is 8.66. The molecular formula is C25H29NO2S. The molecule has 0 N–H and O–H groups in total.